The van der Waals surface area contributed by atoms with Gasteiger partial charge in [0, 0.05) is 10.2 Å². The summed E-state index contributed by atoms with van der Waals surface area (Å²) in [7, 11) is 0. The Morgan fingerprint density at radius 3 is 2.32 bits per heavy atom. The van der Waals surface area contributed by atoms with Crippen LogP contribution < -0.4 is 10.6 Å². The molecule has 2 aromatic carbocycles. The number of hydrogen-bond acceptors (Lipinski definition) is 1. The number of anilines is 1. The Labute approximate surface area is 127 Å². The topological polar surface area (TPSA) is 24.1 Å². The van der Waals surface area contributed by atoms with Gasteiger partial charge in [-0.15, -0.1) is 0 Å². The van der Waals surface area contributed by atoms with Crippen molar-refractivity contribution in [3.63, 3.8) is 0 Å². The minimum Gasteiger partial charge on any atom is -0.356 e. The fourth-order valence-electron chi connectivity index (χ4n) is 1.72. The Balaban J connectivity index is 1.93. The Kier molecular flexibility index (Phi) is 4.93. The summed E-state index contributed by atoms with van der Waals surface area (Å²) < 4.78 is 1.05. The molecule has 0 aromatic heterocycles. The fourth-order valence-corrected chi connectivity index (χ4v) is 2.28. The van der Waals surface area contributed by atoms with E-state index in [1.165, 1.54) is 5.56 Å². The van der Waals surface area contributed by atoms with E-state index in [9.17, 15) is 0 Å². The predicted octanol–water partition coefficient (Wildman–Crippen LogP) is 4.50. The lowest BCUT2D eigenvalue weighted by atomic mass is 10.1. The monoisotopic (exact) mass is 334 g/mol. The first-order chi connectivity index (χ1) is 9.15. The molecule has 0 heterocycles. The van der Waals surface area contributed by atoms with Crippen molar-refractivity contribution in [2.45, 2.75) is 13.0 Å². The molecule has 0 amide bonds. The lowest BCUT2D eigenvalue weighted by molar-refractivity contribution is 0.722. The normalized spacial score (nSPS) is 11.7. The molecule has 2 rings (SSSR count). The van der Waals surface area contributed by atoms with E-state index in [-0.39, 0.29) is 6.04 Å². The minimum absolute atomic E-state index is 0.177. The summed E-state index contributed by atoms with van der Waals surface area (Å²) in [6.07, 6.45) is 0. The maximum absolute atomic E-state index is 5.31. The standard InChI is InChI=1S/C15H15BrN2S/c1-11(12-5-3-2-4-6-12)17-15(19)18-14-9-7-13(16)8-10-14/h2-11H,1H3,(H2,17,18,19). The van der Waals surface area contributed by atoms with Gasteiger partial charge in [-0.3, -0.25) is 0 Å². The number of nitrogens with one attached hydrogen (secondary N) is 2. The van der Waals surface area contributed by atoms with Crippen LogP contribution >= 0.6 is 28.1 Å². The molecule has 0 aliphatic rings. The first-order valence-corrected chi connectivity index (χ1v) is 7.23. The lowest BCUT2D eigenvalue weighted by Gasteiger charge is -2.17. The second-order valence-corrected chi connectivity index (χ2v) is 5.56. The molecule has 1 unspecified atom stereocenters. The summed E-state index contributed by atoms with van der Waals surface area (Å²) in [6.45, 7) is 2.09. The quantitative estimate of drug-likeness (QED) is 0.808. The van der Waals surface area contributed by atoms with E-state index >= 15 is 0 Å². The summed E-state index contributed by atoms with van der Waals surface area (Å²) in [5.41, 5.74) is 2.18. The third kappa shape index (κ3) is 4.33. The largest absolute Gasteiger partial charge is 0.356 e. The smallest absolute Gasteiger partial charge is 0.171 e. The highest BCUT2D eigenvalue weighted by molar-refractivity contribution is 9.10. The molecule has 2 N–H and O–H groups in total. The first kappa shape index (κ1) is 14.0. The van der Waals surface area contributed by atoms with Gasteiger partial charge in [0.1, 0.15) is 0 Å². The highest BCUT2D eigenvalue weighted by atomic mass is 79.9. The van der Waals surface area contributed by atoms with Crippen LogP contribution in [0.1, 0.15) is 18.5 Å². The second kappa shape index (κ2) is 6.68. The number of hydrogen-bond donors (Lipinski definition) is 2. The van der Waals surface area contributed by atoms with Gasteiger partial charge in [0.05, 0.1) is 6.04 Å². The van der Waals surface area contributed by atoms with Crippen LogP contribution in [-0.2, 0) is 0 Å². The van der Waals surface area contributed by atoms with E-state index in [0.717, 1.165) is 10.2 Å². The summed E-state index contributed by atoms with van der Waals surface area (Å²) >= 11 is 8.72. The van der Waals surface area contributed by atoms with Crippen LogP contribution in [0.5, 0.6) is 0 Å². The molecule has 0 bridgehead atoms. The molecule has 0 saturated heterocycles. The van der Waals surface area contributed by atoms with Crippen LogP contribution in [0.2, 0.25) is 0 Å². The molecule has 19 heavy (non-hydrogen) atoms. The number of rotatable bonds is 3. The summed E-state index contributed by atoms with van der Waals surface area (Å²) in [6, 6.07) is 18.3. The maximum atomic E-state index is 5.31. The van der Waals surface area contributed by atoms with Crippen LogP contribution in [-0.4, -0.2) is 5.11 Å². The molecular formula is C15H15BrN2S. The molecule has 0 fully saturated rings. The van der Waals surface area contributed by atoms with E-state index in [4.69, 9.17) is 12.2 Å². The van der Waals surface area contributed by atoms with Gasteiger partial charge in [-0.1, -0.05) is 46.3 Å². The first-order valence-electron chi connectivity index (χ1n) is 6.03. The molecule has 0 spiro atoms. The van der Waals surface area contributed by atoms with E-state index < -0.39 is 0 Å². The van der Waals surface area contributed by atoms with E-state index in [1.807, 2.05) is 42.5 Å². The van der Waals surface area contributed by atoms with Gasteiger partial charge in [-0.2, -0.15) is 0 Å². The average molecular weight is 335 g/mol. The summed E-state index contributed by atoms with van der Waals surface area (Å²) in [4.78, 5) is 0. The third-order valence-corrected chi connectivity index (χ3v) is 3.50. The maximum Gasteiger partial charge on any atom is 0.171 e. The minimum atomic E-state index is 0.177. The van der Waals surface area contributed by atoms with Gasteiger partial charge in [-0.25, -0.2) is 0 Å². The molecule has 1 atom stereocenters. The van der Waals surface area contributed by atoms with Crippen molar-refractivity contribution < 1.29 is 0 Å². The Morgan fingerprint density at radius 2 is 1.68 bits per heavy atom. The molecule has 0 aliphatic heterocycles. The molecule has 0 saturated carbocycles. The van der Waals surface area contributed by atoms with Crippen molar-refractivity contribution in [2.75, 3.05) is 5.32 Å². The van der Waals surface area contributed by atoms with Gasteiger partial charge in [-0.05, 0) is 49.0 Å². The highest BCUT2D eigenvalue weighted by Crippen LogP contribution is 2.15. The number of benzene rings is 2. The summed E-state index contributed by atoms with van der Waals surface area (Å²) in [5.74, 6) is 0. The van der Waals surface area contributed by atoms with Gasteiger partial charge in [0.15, 0.2) is 5.11 Å². The molecule has 0 radical (unpaired) electrons. The number of thiocarbonyl (C=S) groups is 1. The molecule has 2 nitrogen and oxygen atoms in total. The van der Waals surface area contributed by atoms with Gasteiger partial charge in [0.2, 0.25) is 0 Å². The fraction of sp³-hybridized carbons (Fsp3) is 0.133. The van der Waals surface area contributed by atoms with Crippen molar-refractivity contribution in [1.29, 1.82) is 0 Å². The Morgan fingerprint density at radius 1 is 1.05 bits per heavy atom. The Bertz CT molecular complexity index is 540. The van der Waals surface area contributed by atoms with Crippen LogP contribution in [0.3, 0.4) is 0 Å². The average Bonchev–Trinajstić information content (AvgIpc) is 2.42. The van der Waals surface area contributed by atoms with Crippen LogP contribution in [0.4, 0.5) is 5.69 Å². The molecule has 2 aromatic rings. The second-order valence-electron chi connectivity index (χ2n) is 4.24. The van der Waals surface area contributed by atoms with Crippen LogP contribution in [0, 0.1) is 0 Å². The van der Waals surface area contributed by atoms with Crippen molar-refractivity contribution in [3.8, 4) is 0 Å². The zero-order valence-electron chi connectivity index (χ0n) is 10.6. The zero-order valence-corrected chi connectivity index (χ0v) is 13.0. The predicted molar refractivity (Wildman–Crippen MR) is 88.4 cm³/mol. The highest BCUT2D eigenvalue weighted by Gasteiger charge is 2.06. The third-order valence-electron chi connectivity index (χ3n) is 2.75. The molecule has 4 heteroatoms. The van der Waals surface area contributed by atoms with Crippen LogP contribution in [0.25, 0.3) is 0 Å². The van der Waals surface area contributed by atoms with E-state index in [0.29, 0.717) is 5.11 Å². The van der Waals surface area contributed by atoms with Crippen molar-refractivity contribution >= 4 is 38.9 Å². The zero-order chi connectivity index (χ0) is 13.7. The van der Waals surface area contributed by atoms with E-state index in [2.05, 4.69) is 45.6 Å². The summed E-state index contributed by atoms with van der Waals surface area (Å²) in [5, 5.41) is 7.06. The molecule has 0 aliphatic carbocycles. The van der Waals surface area contributed by atoms with Crippen molar-refractivity contribution in [2.24, 2.45) is 0 Å². The Hall–Kier alpha value is -1.39. The lowest BCUT2D eigenvalue weighted by Crippen LogP contribution is -2.30. The van der Waals surface area contributed by atoms with Crippen molar-refractivity contribution in [1.82, 2.24) is 5.32 Å². The van der Waals surface area contributed by atoms with Crippen LogP contribution in [0.15, 0.2) is 59.1 Å². The van der Waals surface area contributed by atoms with E-state index in [1.54, 1.807) is 0 Å². The van der Waals surface area contributed by atoms with Crippen molar-refractivity contribution in [3.05, 3.63) is 64.6 Å². The molecular weight excluding hydrogens is 320 g/mol. The van der Waals surface area contributed by atoms with Gasteiger partial charge >= 0.3 is 0 Å². The van der Waals surface area contributed by atoms with Gasteiger partial charge < -0.3 is 10.6 Å². The SMILES string of the molecule is CC(NC(=S)Nc1ccc(Br)cc1)c1ccccc1. The number of halogens is 1. The van der Waals surface area contributed by atoms with Gasteiger partial charge in [0.25, 0.3) is 0 Å². The molecule has 98 valence electrons.